The van der Waals surface area contributed by atoms with Crippen LogP contribution in [-0.4, -0.2) is 48.5 Å². The number of Topliss-reactive ketones (excluding diaryl/α,β-unsaturated/α-hetero) is 1. The Kier molecular flexibility index (Phi) is 22.3. The molecule has 0 aromatic carbocycles. The molecule has 0 spiro atoms. The molecule has 0 aromatic heterocycles. The van der Waals surface area contributed by atoms with Crippen LogP contribution in [0.25, 0.3) is 0 Å². The Morgan fingerprint density at radius 1 is 1.04 bits per heavy atom. The van der Waals surface area contributed by atoms with E-state index >= 15 is 0 Å². The minimum absolute atomic E-state index is 0.0615. The summed E-state index contributed by atoms with van der Waals surface area (Å²) in [5, 5.41) is 7.12. The lowest BCUT2D eigenvalue weighted by Crippen LogP contribution is -2.09. The molecule has 0 rings (SSSR count). The van der Waals surface area contributed by atoms with Gasteiger partial charge in [0.25, 0.3) is 5.24 Å². The number of aliphatic hydroxyl groups excluding tert-OH is 1. The van der Waals surface area contributed by atoms with E-state index in [1.165, 1.54) is 12.5 Å². The van der Waals surface area contributed by atoms with Gasteiger partial charge in [-0.25, -0.2) is 4.79 Å². The largest absolute Gasteiger partial charge is 0.499 e. The van der Waals surface area contributed by atoms with E-state index in [1.54, 1.807) is 6.92 Å². The average Bonchev–Trinajstić information content (AvgIpc) is 2.50. The third-order valence-corrected chi connectivity index (χ3v) is 1.77. The topological polar surface area (TPSA) is 99.1 Å². The first-order valence-electron chi connectivity index (χ1n) is 6.33. The molecular weight excluding hydrogens is 328 g/mol. The van der Waals surface area contributed by atoms with Gasteiger partial charge in [-0.3, -0.25) is 9.59 Å². The third-order valence-electron chi connectivity index (χ3n) is 1.50. The van der Waals surface area contributed by atoms with Gasteiger partial charge in [-0.1, -0.05) is 19.7 Å². The molecule has 0 aromatic rings. The maximum absolute atomic E-state index is 10.7. The molecule has 0 saturated heterocycles. The van der Waals surface area contributed by atoms with E-state index in [9.17, 15) is 14.4 Å². The quantitative estimate of drug-likeness (QED) is 0.169. The molecule has 7 nitrogen and oxygen atoms in total. The van der Waals surface area contributed by atoms with Crippen molar-refractivity contribution < 1.29 is 33.7 Å². The van der Waals surface area contributed by atoms with Crippen LogP contribution in [0.3, 0.4) is 0 Å². The second-order valence-corrected chi connectivity index (χ2v) is 3.89. The van der Waals surface area contributed by atoms with Crippen LogP contribution in [0.1, 0.15) is 13.8 Å². The summed E-state index contributed by atoms with van der Waals surface area (Å²) < 4.78 is 13.9. The molecule has 0 aliphatic carbocycles. The SMILES string of the molecule is C=COCCO.C=COCCOC(=O)C(=C)C.CC(=O)C(=O)Cl. The number of carbonyl (C=O) groups is 3. The highest BCUT2D eigenvalue weighted by atomic mass is 35.5. The number of halogens is 1. The molecule has 0 aliphatic heterocycles. The average molecular weight is 351 g/mol. The zero-order chi connectivity index (χ0) is 18.7. The van der Waals surface area contributed by atoms with Gasteiger partial charge < -0.3 is 19.3 Å². The van der Waals surface area contributed by atoms with Gasteiger partial charge in [0.05, 0.1) is 19.1 Å². The van der Waals surface area contributed by atoms with Gasteiger partial charge in [0.2, 0.25) is 5.78 Å². The van der Waals surface area contributed by atoms with Gasteiger partial charge in [-0.05, 0) is 18.5 Å². The minimum atomic E-state index is -0.907. The van der Waals surface area contributed by atoms with Crippen molar-refractivity contribution >= 4 is 28.6 Å². The number of esters is 1. The number of ether oxygens (including phenoxy) is 3. The zero-order valence-corrected chi connectivity index (χ0v) is 14.1. The molecular formula is C15H23ClO7. The van der Waals surface area contributed by atoms with Crippen molar-refractivity contribution in [1.82, 2.24) is 0 Å². The maximum atomic E-state index is 10.7. The van der Waals surface area contributed by atoms with Crippen LogP contribution in [0.5, 0.6) is 0 Å². The van der Waals surface area contributed by atoms with Crippen LogP contribution in [-0.2, 0) is 28.6 Å². The fraction of sp³-hybridized carbons (Fsp3) is 0.400. The number of hydrogen-bond acceptors (Lipinski definition) is 7. The summed E-state index contributed by atoms with van der Waals surface area (Å²) in [5.74, 6) is -1.01. The smallest absolute Gasteiger partial charge is 0.333 e. The zero-order valence-electron chi connectivity index (χ0n) is 13.4. The highest BCUT2D eigenvalue weighted by Gasteiger charge is 2.00. The lowest BCUT2D eigenvalue weighted by molar-refractivity contribution is -0.139. The third kappa shape index (κ3) is 28.7. The minimum Gasteiger partial charge on any atom is -0.499 e. The Hall–Kier alpha value is -2.12. The molecule has 0 bridgehead atoms. The summed E-state index contributed by atoms with van der Waals surface area (Å²) in [6, 6.07) is 0. The highest BCUT2D eigenvalue weighted by Crippen LogP contribution is 1.91. The van der Waals surface area contributed by atoms with Crippen molar-refractivity contribution in [1.29, 1.82) is 0 Å². The van der Waals surface area contributed by atoms with Crippen molar-refractivity contribution in [3.8, 4) is 0 Å². The van der Waals surface area contributed by atoms with Crippen molar-refractivity contribution in [3.05, 3.63) is 37.8 Å². The molecule has 0 aliphatic rings. The first kappa shape index (κ1) is 25.8. The fourth-order valence-electron chi connectivity index (χ4n) is 0.525. The Bertz CT molecular complexity index is 379. The van der Waals surface area contributed by atoms with Crippen LogP contribution in [0.15, 0.2) is 37.8 Å². The Morgan fingerprint density at radius 3 is 1.74 bits per heavy atom. The van der Waals surface area contributed by atoms with Crippen LogP contribution < -0.4 is 0 Å². The van der Waals surface area contributed by atoms with E-state index in [4.69, 9.17) is 14.6 Å². The van der Waals surface area contributed by atoms with Crippen LogP contribution in [0, 0.1) is 0 Å². The fourth-order valence-corrected chi connectivity index (χ4v) is 0.525. The molecule has 0 fully saturated rings. The van der Waals surface area contributed by atoms with Gasteiger partial charge in [-0.15, -0.1) is 0 Å². The highest BCUT2D eigenvalue weighted by molar-refractivity contribution is 6.80. The summed E-state index contributed by atoms with van der Waals surface area (Å²) >= 11 is 4.62. The lowest BCUT2D eigenvalue weighted by Gasteiger charge is -2.02. The maximum Gasteiger partial charge on any atom is 0.333 e. The summed E-state index contributed by atoms with van der Waals surface area (Å²) in [6.07, 6.45) is 2.60. The van der Waals surface area contributed by atoms with Crippen molar-refractivity contribution in [2.24, 2.45) is 0 Å². The summed E-state index contributed by atoms with van der Waals surface area (Å²) in [7, 11) is 0. The Labute approximate surface area is 141 Å². The van der Waals surface area contributed by atoms with Gasteiger partial charge >= 0.3 is 5.97 Å². The molecule has 0 atom stereocenters. The standard InChI is InChI=1S/C8H12O3.C4H8O2.C3H3ClO2/c1-4-10-5-6-11-8(9)7(2)3;1-2-6-4-3-5;1-2(5)3(4)6/h4H,1-2,5-6H2,3H3;2,5H,1,3-4H2;1H3. The van der Waals surface area contributed by atoms with E-state index in [0.29, 0.717) is 18.8 Å². The Morgan fingerprint density at radius 2 is 1.48 bits per heavy atom. The van der Waals surface area contributed by atoms with Gasteiger partial charge in [0.1, 0.15) is 19.8 Å². The summed E-state index contributed by atoms with van der Waals surface area (Å²) in [5.41, 5.74) is 0.392. The van der Waals surface area contributed by atoms with E-state index in [2.05, 4.69) is 36.1 Å². The van der Waals surface area contributed by atoms with Crippen molar-refractivity contribution in [2.45, 2.75) is 13.8 Å². The lowest BCUT2D eigenvalue weighted by atomic mass is 10.4. The summed E-state index contributed by atoms with van der Waals surface area (Å²) in [4.78, 5) is 29.9. The molecule has 0 unspecified atom stereocenters. The molecule has 0 radical (unpaired) electrons. The van der Waals surface area contributed by atoms with Crippen LogP contribution in [0.2, 0.25) is 0 Å². The molecule has 0 saturated carbocycles. The van der Waals surface area contributed by atoms with Gasteiger partial charge in [-0.2, -0.15) is 0 Å². The summed E-state index contributed by atoms with van der Waals surface area (Å²) in [6.45, 7) is 13.7. The number of ketones is 1. The Balaban J connectivity index is -0.000000284. The first-order valence-corrected chi connectivity index (χ1v) is 6.71. The molecule has 8 heteroatoms. The number of carbonyl (C=O) groups excluding carboxylic acids is 3. The number of hydrogen-bond donors (Lipinski definition) is 1. The van der Waals surface area contributed by atoms with Gasteiger partial charge in [0.15, 0.2) is 0 Å². The molecule has 1 N–H and O–H groups in total. The van der Waals surface area contributed by atoms with E-state index in [-0.39, 0.29) is 13.2 Å². The number of rotatable bonds is 9. The molecule has 23 heavy (non-hydrogen) atoms. The molecule has 132 valence electrons. The normalized spacial score (nSPS) is 8.00. The van der Waals surface area contributed by atoms with Crippen LogP contribution >= 0.6 is 11.6 Å². The second-order valence-electron chi connectivity index (χ2n) is 3.54. The predicted molar refractivity (Wildman–Crippen MR) is 86.7 cm³/mol. The van der Waals surface area contributed by atoms with Crippen LogP contribution in [0.4, 0.5) is 0 Å². The van der Waals surface area contributed by atoms with E-state index in [0.717, 1.165) is 6.92 Å². The molecule has 0 amide bonds. The second kappa shape index (κ2) is 19.9. The monoisotopic (exact) mass is 350 g/mol. The van der Waals surface area contributed by atoms with E-state index < -0.39 is 17.0 Å². The number of aliphatic hydroxyl groups is 1. The first-order chi connectivity index (χ1) is 10.7. The van der Waals surface area contributed by atoms with Crippen molar-refractivity contribution in [3.63, 3.8) is 0 Å². The van der Waals surface area contributed by atoms with E-state index in [1.807, 2.05) is 0 Å². The molecule has 0 heterocycles. The van der Waals surface area contributed by atoms with Crippen molar-refractivity contribution in [2.75, 3.05) is 26.4 Å². The van der Waals surface area contributed by atoms with Gasteiger partial charge in [0, 0.05) is 12.5 Å². The predicted octanol–water partition coefficient (Wildman–Crippen LogP) is 1.75.